The number of anilines is 1. The lowest BCUT2D eigenvalue weighted by molar-refractivity contribution is -0.124. The lowest BCUT2D eigenvalue weighted by Crippen LogP contribution is -2.40. The molecule has 0 aliphatic carbocycles. The van der Waals surface area contributed by atoms with Crippen LogP contribution in [0.2, 0.25) is 0 Å². The Labute approximate surface area is 151 Å². The van der Waals surface area contributed by atoms with E-state index in [1.807, 2.05) is 6.07 Å². The van der Waals surface area contributed by atoms with Crippen LogP contribution in [0, 0.1) is 6.92 Å². The molecule has 0 radical (unpaired) electrons. The molecule has 0 saturated carbocycles. The lowest BCUT2D eigenvalue weighted by atomic mass is 10.0. The Morgan fingerprint density at radius 3 is 2.88 bits per heavy atom. The standard InChI is InChI=1S/C19H22N2O5/c1-12-3-7-16(26-12)19(2,24)11-20-18(23)10-25-14-5-6-15-13(9-14)4-8-17(22)21-15/h3,5-7,9,24H,4,8,10-11H2,1-2H3,(H,20,23)(H,21,22). The van der Waals surface area contributed by atoms with Crippen molar-refractivity contribution in [2.24, 2.45) is 0 Å². The Bertz CT molecular complexity index is 825. The molecule has 1 aliphatic heterocycles. The Hall–Kier alpha value is -2.80. The highest BCUT2D eigenvalue weighted by atomic mass is 16.5. The van der Waals surface area contributed by atoms with E-state index in [0.717, 1.165) is 11.3 Å². The van der Waals surface area contributed by atoms with Gasteiger partial charge in [0.2, 0.25) is 5.91 Å². The summed E-state index contributed by atoms with van der Waals surface area (Å²) in [4.78, 5) is 23.4. The van der Waals surface area contributed by atoms with Crippen molar-refractivity contribution in [3.05, 3.63) is 47.4 Å². The summed E-state index contributed by atoms with van der Waals surface area (Å²) >= 11 is 0. The van der Waals surface area contributed by atoms with Crippen molar-refractivity contribution >= 4 is 17.5 Å². The topological polar surface area (TPSA) is 101 Å². The quantitative estimate of drug-likeness (QED) is 0.732. The van der Waals surface area contributed by atoms with Gasteiger partial charge in [0.15, 0.2) is 6.61 Å². The van der Waals surface area contributed by atoms with E-state index in [4.69, 9.17) is 9.15 Å². The maximum Gasteiger partial charge on any atom is 0.258 e. The van der Waals surface area contributed by atoms with E-state index in [1.54, 1.807) is 38.1 Å². The molecule has 1 unspecified atom stereocenters. The van der Waals surface area contributed by atoms with E-state index in [9.17, 15) is 14.7 Å². The van der Waals surface area contributed by atoms with Crippen LogP contribution in [0.25, 0.3) is 0 Å². The predicted octanol–water partition coefficient (Wildman–Crippen LogP) is 1.88. The van der Waals surface area contributed by atoms with Crippen molar-refractivity contribution in [3.63, 3.8) is 0 Å². The van der Waals surface area contributed by atoms with Gasteiger partial charge in [-0.25, -0.2) is 0 Å². The lowest BCUT2D eigenvalue weighted by Gasteiger charge is -2.21. The average Bonchev–Trinajstić information content (AvgIpc) is 3.05. The van der Waals surface area contributed by atoms with Crippen molar-refractivity contribution in [2.75, 3.05) is 18.5 Å². The number of furan rings is 1. The van der Waals surface area contributed by atoms with Gasteiger partial charge in [-0.2, -0.15) is 0 Å². The van der Waals surface area contributed by atoms with Crippen LogP contribution in [0.4, 0.5) is 5.69 Å². The SMILES string of the molecule is Cc1ccc(C(C)(O)CNC(=O)COc2ccc3c(c2)CCC(=O)N3)o1. The number of benzene rings is 1. The number of rotatable bonds is 6. The van der Waals surface area contributed by atoms with Crippen molar-refractivity contribution in [3.8, 4) is 5.75 Å². The summed E-state index contributed by atoms with van der Waals surface area (Å²) < 4.78 is 10.9. The minimum Gasteiger partial charge on any atom is -0.484 e. The van der Waals surface area contributed by atoms with Gasteiger partial charge in [0.25, 0.3) is 5.91 Å². The number of carbonyl (C=O) groups is 2. The van der Waals surface area contributed by atoms with Crippen molar-refractivity contribution in [1.82, 2.24) is 5.32 Å². The van der Waals surface area contributed by atoms with Gasteiger partial charge >= 0.3 is 0 Å². The Morgan fingerprint density at radius 2 is 2.15 bits per heavy atom. The Morgan fingerprint density at radius 1 is 1.35 bits per heavy atom. The summed E-state index contributed by atoms with van der Waals surface area (Å²) in [5.41, 5.74) is 0.468. The van der Waals surface area contributed by atoms with Gasteiger partial charge in [0, 0.05) is 12.1 Å². The van der Waals surface area contributed by atoms with Crippen LogP contribution >= 0.6 is 0 Å². The molecule has 7 heteroatoms. The van der Waals surface area contributed by atoms with Crippen LogP contribution in [-0.2, 0) is 21.6 Å². The summed E-state index contributed by atoms with van der Waals surface area (Å²) in [7, 11) is 0. The zero-order chi connectivity index (χ0) is 18.7. The first-order valence-electron chi connectivity index (χ1n) is 8.45. The molecule has 2 amide bonds. The van der Waals surface area contributed by atoms with Gasteiger partial charge in [-0.1, -0.05) is 0 Å². The number of fused-ring (bicyclic) bond motifs is 1. The van der Waals surface area contributed by atoms with Gasteiger partial charge in [-0.05, 0) is 56.2 Å². The van der Waals surface area contributed by atoms with Gasteiger partial charge in [0.1, 0.15) is 22.9 Å². The van der Waals surface area contributed by atoms with Crippen LogP contribution in [0.3, 0.4) is 0 Å². The monoisotopic (exact) mass is 358 g/mol. The Kier molecular flexibility index (Phi) is 4.99. The molecule has 1 atom stereocenters. The normalized spacial score (nSPS) is 15.6. The number of aryl methyl sites for hydroxylation is 2. The van der Waals surface area contributed by atoms with Gasteiger partial charge < -0.3 is 24.9 Å². The molecular weight excluding hydrogens is 336 g/mol. The number of ether oxygens (including phenoxy) is 1. The first-order chi connectivity index (χ1) is 12.3. The van der Waals surface area contributed by atoms with Gasteiger partial charge in [0.05, 0.1) is 6.54 Å². The summed E-state index contributed by atoms with van der Waals surface area (Å²) in [6.45, 7) is 3.21. The highest BCUT2D eigenvalue weighted by molar-refractivity contribution is 5.94. The molecule has 0 bridgehead atoms. The molecule has 1 aromatic heterocycles. The van der Waals surface area contributed by atoms with E-state index in [1.165, 1.54) is 0 Å². The molecule has 0 fully saturated rings. The molecular formula is C19H22N2O5. The maximum absolute atomic E-state index is 12.0. The number of hydrogen-bond acceptors (Lipinski definition) is 5. The molecule has 2 aromatic rings. The van der Waals surface area contributed by atoms with Crippen molar-refractivity contribution < 1.29 is 23.8 Å². The molecule has 138 valence electrons. The maximum atomic E-state index is 12.0. The number of aliphatic hydroxyl groups is 1. The van der Waals surface area contributed by atoms with Crippen LogP contribution < -0.4 is 15.4 Å². The fourth-order valence-electron chi connectivity index (χ4n) is 2.73. The third-order valence-corrected chi connectivity index (χ3v) is 4.24. The Balaban J connectivity index is 1.50. The highest BCUT2D eigenvalue weighted by Gasteiger charge is 2.27. The number of amides is 2. The third-order valence-electron chi connectivity index (χ3n) is 4.24. The van der Waals surface area contributed by atoms with E-state index in [2.05, 4.69) is 10.6 Å². The minimum absolute atomic E-state index is 0.00403. The van der Waals surface area contributed by atoms with Crippen molar-refractivity contribution in [2.45, 2.75) is 32.3 Å². The highest BCUT2D eigenvalue weighted by Crippen LogP contribution is 2.27. The minimum atomic E-state index is -1.30. The van der Waals surface area contributed by atoms with E-state index in [0.29, 0.717) is 30.1 Å². The summed E-state index contributed by atoms with van der Waals surface area (Å²) in [6.07, 6.45) is 1.09. The number of carbonyl (C=O) groups excluding carboxylic acids is 2. The smallest absolute Gasteiger partial charge is 0.258 e. The van der Waals surface area contributed by atoms with E-state index in [-0.39, 0.29) is 25.0 Å². The predicted molar refractivity (Wildman–Crippen MR) is 94.9 cm³/mol. The third kappa shape index (κ3) is 4.23. The zero-order valence-electron chi connectivity index (χ0n) is 14.8. The molecule has 1 aromatic carbocycles. The fourth-order valence-corrected chi connectivity index (χ4v) is 2.73. The largest absolute Gasteiger partial charge is 0.484 e. The average molecular weight is 358 g/mol. The van der Waals surface area contributed by atoms with Crippen LogP contribution in [-0.4, -0.2) is 30.1 Å². The summed E-state index contributed by atoms with van der Waals surface area (Å²) in [6, 6.07) is 8.74. The molecule has 0 spiro atoms. The molecule has 1 aliphatic rings. The molecule has 3 N–H and O–H groups in total. The molecule has 0 saturated heterocycles. The van der Waals surface area contributed by atoms with E-state index >= 15 is 0 Å². The first kappa shape index (κ1) is 18.0. The number of hydrogen-bond donors (Lipinski definition) is 3. The van der Waals surface area contributed by atoms with Crippen LogP contribution in [0.1, 0.15) is 30.4 Å². The van der Waals surface area contributed by atoms with Gasteiger partial charge in [-0.3, -0.25) is 9.59 Å². The van der Waals surface area contributed by atoms with Crippen LogP contribution in [0.15, 0.2) is 34.7 Å². The molecule has 26 heavy (non-hydrogen) atoms. The second-order valence-corrected chi connectivity index (χ2v) is 6.62. The summed E-state index contributed by atoms with van der Waals surface area (Å²) in [5, 5.41) is 15.8. The second-order valence-electron chi connectivity index (χ2n) is 6.62. The summed E-state index contributed by atoms with van der Waals surface area (Å²) in [5.74, 6) is 1.30. The first-order valence-corrected chi connectivity index (χ1v) is 8.45. The van der Waals surface area contributed by atoms with Crippen molar-refractivity contribution in [1.29, 1.82) is 0 Å². The van der Waals surface area contributed by atoms with E-state index < -0.39 is 5.60 Å². The molecule has 3 rings (SSSR count). The number of nitrogens with one attached hydrogen (secondary N) is 2. The van der Waals surface area contributed by atoms with Crippen LogP contribution in [0.5, 0.6) is 5.75 Å². The molecule has 7 nitrogen and oxygen atoms in total. The second kappa shape index (κ2) is 7.21. The fraction of sp³-hybridized carbons (Fsp3) is 0.368. The zero-order valence-corrected chi connectivity index (χ0v) is 14.8. The molecule has 2 heterocycles. The van der Waals surface area contributed by atoms with Gasteiger partial charge in [-0.15, -0.1) is 0 Å².